The highest BCUT2D eigenvalue weighted by Crippen LogP contribution is 2.38. The summed E-state index contributed by atoms with van der Waals surface area (Å²) in [6.07, 6.45) is 6.80. The molecular weight excluding hydrogens is 469 g/mol. The molecule has 0 radical (unpaired) electrons. The van der Waals surface area contributed by atoms with Gasteiger partial charge in [0.25, 0.3) is 0 Å². The minimum Gasteiger partial charge on any atom is -0.379 e. The normalized spacial score (nSPS) is 24.6. The smallest absolute Gasteiger partial charge is 0.242 e. The average Bonchev–Trinajstić information content (AvgIpc) is 2.84. The van der Waals surface area contributed by atoms with Gasteiger partial charge in [-0.3, -0.25) is 14.5 Å². The Kier molecular flexibility index (Phi) is 11.4. The van der Waals surface area contributed by atoms with Crippen LogP contribution in [0.2, 0.25) is 0 Å². The fraction of sp³-hybridized carbons (Fsp3) is 0.733. The van der Waals surface area contributed by atoms with Gasteiger partial charge in [0.2, 0.25) is 11.8 Å². The molecule has 2 N–H and O–H groups in total. The predicted octanol–water partition coefficient (Wildman–Crippen LogP) is 5.06. The molecule has 2 heterocycles. The van der Waals surface area contributed by atoms with E-state index in [1.165, 1.54) is 12.1 Å². The summed E-state index contributed by atoms with van der Waals surface area (Å²) in [4.78, 5) is 29.6. The van der Waals surface area contributed by atoms with Crippen LogP contribution in [-0.2, 0) is 20.9 Å². The maximum absolute atomic E-state index is 13.9. The van der Waals surface area contributed by atoms with Crippen LogP contribution in [0.5, 0.6) is 0 Å². The molecule has 208 valence electrons. The topological polar surface area (TPSA) is 70.7 Å². The van der Waals surface area contributed by atoms with E-state index in [0.717, 1.165) is 70.1 Å². The van der Waals surface area contributed by atoms with Gasteiger partial charge in [-0.15, -0.1) is 0 Å². The van der Waals surface area contributed by atoms with Crippen molar-refractivity contribution >= 4 is 11.8 Å². The summed E-state index contributed by atoms with van der Waals surface area (Å²) >= 11 is 0. The highest BCUT2D eigenvalue weighted by molar-refractivity contribution is 5.90. The Hall–Kier alpha value is -1.99. The number of carbonyl (C=O) groups excluding carboxylic acids is 2. The van der Waals surface area contributed by atoms with Crippen molar-refractivity contribution in [3.8, 4) is 0 Å². The quantitative estimate of drug-likeness (QED) is 0.553. The highest BCUT2D eigenvalue weighted by Gasteiger charge is 2.42. The Labute approximate surface area is 223 Å². The Balaban J connectivity index is 1.73. The highest BCUT2D eigenvalue weighted by atomic mass is 19.1. The van der Waals surface area contributed by atoms with Crippen molar-refractivity contribution in [3.05, 3.63) is 35.6 Å². The van der Waals surface area contributed by atoms with Crippen LogP contribution in [0.4, 0.5) is 4.39 Å². The largest absolute Gasteiger partial charge is 0.379 e. The number of halogens is 1. The Morgan fingerprint density at radius 3 is 2.27 bits per heavy atom. The number of amides is 2. The van der Waals surface area contributed by atoms with Crippen molar-refractivity contribution < 1.29 is 18.7 Å². The summed E-state index contributed by atoms with van der Waals surface area (Å²) in [6, 6.07) is 6.07. The maximum Gasteiger partial charge on any atom is 0.242 e. The SMILES string of the molecule is CC(C)C[C@H]1COCCCCCC2(CCN(Cc3ccc(F)cc3)CC2)C(=O)N[C@@H](CC(C)C)C(=O)N1. The van der Waals surface area contributed by atoms with Crippen molar-refractivity contribution in [1.82, 2.24) is 15.5 Å². The van der Waals surface area contributed by atoms with Crippen molar-refractivity contribution in [1.29, 1.82) is 0 Å². The molecule has 37 heavy (non-hydrogen) atoms. The van der Waals surface area contributed by atoms with Crippen molar-refractivity contribution in [2.45, 2.75) is 97.7 Å². The van der Waals surface area contributed by atoms with Gasteiger partial charge in [0, 0.05) is 13.2 Å². The van der Waals surface area contributed by atoms with Crippen molar-refractivity contribution in [3.63, 3.8) is 0 Å². The van der Waals surface area contributed by atoms with Crippen LogP contribution in [0.15, 0.2) is 24.3 Å². The zero-order valence-corrected chi connectivity index (χ0v) is 23.4. The molecule has 2 aliphatic rings. The van der Waals surface area contributed by atoms with Gasteiger partial charge in [0.05, 0.1) is 18.1 Å². The summed E-state index contributed by atoms with van der Waals surface area (Å²) < 4.78 is 19.3. The zero-order valence-electron chi connectivity index (χ0n) is 23.4. The monoisotopic (exact) mass is 517 g/mol. The minimum absolute atomic E-state index is 0.0310. The first-order chi connectivity index (χ1) is 17.7. The second-order valence-electron chi connectivity index (χ2n) is 12.1. The summed E-state index contributed by atoms with van der Waals surface area (Å²) in [7, 11) is 0. The van der Waals surface area contributed by atoms with E-state index in [-0.39, 0.29) is 29.6 Å². The summed E-state index contributed by atoms with van der Waals surface area (Å²) in [5, 5.41) is 6.40. The van der Waals surface area contributed by atoms with Gasteiger partial charge in [-0.05, 0) is 81.1 Å². The van der Waals surface area contributed by atoms with E-state index in [1.807, 2.05) is 12.1 Å². The molecule has 3 rings (SSSR count). The number of benzene rings is 1. The molecule has 0 bridgehead atoms. The van der Waals surface area contributed by atoms with Crippen LogP contribution in [0.25, 0.3) is 0 Å². The van der Waals surface area contributed by atoms with Gasteiger partial charge < -0.3 is 15.4 Å². The third-order valence-corrected chi connectivity index (χ3v) is 7.81. The number of piperidine rings is 1. The summed E-state index contributed by atoms with van der Waals surface area (Å²) in [5.74, 6) is 0.428. The van der Waals surface area contributed by atoms with Gasteiger partial charge >= 0.3 is 0 Å². The number of hydrogen-bond acceptors (Lipinski definition) is 4. The van der Waals surface area contributed by atoms with Crippen LogP contribution >= 0.6 is 0 Å². The lowest BCUT2D eigenvalue weighted by atomic mass is 9.73. The third-order valence-electron chi connectivity index (χ3n) is 7.81. The van der Waals surface area contributed by atoms with Gasteiger partial charge in [-0.2, -0.15) is 0 Å². The van der Waals surface area contributed by atoms with Crippen LogP contribution < -0.4 is 10.6 Å². The number of likely N-dealkylation sites (tertiary alicyclic amines) is 1. The lowest BCUT2D eigenvalue weighted by Gasteiger charge is -2.42. The lowest BCUT2D eigenvalue weighted by Crippen LogP contribution is -2.56. The number of rotatable bonds is 6. The fourth-order valence-electron chi connectivity index (χ4n) is 5.70. The second kappa shape index (κ2) is 14.2. The molecule has 7 heteroatoms. The van der Waals surface area contributed by atoms with E-state index in [9.17, 15) is 14.0 Å². The van der Waals surface area contributed by atoms with Crippen molar-refractivity contribution in [2.75, 3.05) is 26.3 Å². The van der Waals surface area contributed by atoms with Gasteiger partial charge in [-0.25, -0.2) is 4.39 Å². The zero-order chi connectivity index (χ0) is 26.8. The second-order valence-corrected chi connectivity index (χ2v) is 12.1. The number of nitrogens with one attached hydrogen (secondary N) is 2. The predicted molar refractivity (Wildman–Crippen MR) is 145 cm³/mol. The first-order valence-electron chi connectivity index (χ1n) is 14.3. The van der Waals surface area contributed by atoms with Gasteiger partial charge in [-0.1, -0.05) is 52.7 Å². The standard InChI is InChI=1S/C30H48FN3O3/c1-22(2)18-26-21-37-17-7-5-6-12-30(29(36)33-27(19-23(3)4)28(35)32-26)13-15-34(16-14-30)20-24-8-10-25(31)11-9-24/h8-11,22-23,26-27H,5-7,12-21H2,1-4H3,(H,32,35)(H,33,36)/t26-,27-/m0/s1. The first kappa shape index (κ1) is 29.6. The molecule has 0 aliphatic carbocycles. The molecule has 2 aliphatic heterocycles. The molecule has 2 saturated heterocycles. The Morgan fingerprint density at radius 1 is 0.946 bits per heavy atom. The van der Waals surface area contributed by atoms with E-state index < -0.39 is 11.5 Å². The lowest BCUT2D eigenvalue weighted by molar-refractivity contribution is -0.139. The first-order valence-corrected chi connectivity index (χ1v) is 14.3. The van der Waals surface area contributed by atoms with Gasteiger partial charge in [0.1, 0.15) is 11.9 Å². The molecule has 1 aromatic carbocycles. The Bertz CT molecular complexity index is 850. The van der Waals surface area contributed by atoms with Crippen molar-refractivity contribution in [2.24, 2.45) is 17.3 Å². The minimum atomic E-state index is -0.542. The van der Waals surface area contributed by atoms with E-state index in [2.05, 4.69) is 43.2 Å². The van der Waals surface area contributed by atoms with Crippen LogP contribution in [-0.4, -0.2) is 55.1 Å². The molecule has 1 spiro atoms. The van der Waals surface area contributed by atoms with Gasteiger partial charge in [0.15, 0.2) is 0 Å². The van der Waals surface area contributed by atoms with E-state index >= 15 is 0 Å². The number of ether oxygens (including phenoxy) is 1. The molecular formula is C30H48FN3O3. The molecule has 2 fully saturated rings. The molecule has 0 unspecified atom stereocenters. The Morgan fingerprint density at radius 2 is 1.62 bits per heavy atom. The molecule has 1 aromatic rings. The molecule has 0 aromatic heterocycles. The maximum atomic E-state index is 13.9. The molecule has 6 nitrogen and oxygen atoms in total. The molecule has 2 atom stereocenters. The number of hydrogen-bond donors (Lipinski definition) is 2. The average molecular weight is 518 g/mol. The third kappa shape index (κ3) is 9.36. The molecule has 2 amide bonds. The van der Waals surface area contributed by atoms with E-state index in [1.54, 1.807) is 0 Å². The molecule has 0 saturated carbocycles. The van der Waals surface area contributed by atoms with Crippen LogP contribution in [0.3, 0.4) is 0 Å². The van der Waals surface area contributed by atoms with E-state index in [0.29, 0.717) is 25.6 Å². The van der Waals surface area contributed by atoms with Crippen LogP contribution in [0, 0.1) is 23.1 Å². The number of nitrogens with zero attached hydrogens (tertiary/aromatic N) is 1. The van der Waals surface area contributed by atoms with Crippen LogP contribution in [0.1, 0.15) is 84.6 Å². The fourth-order valence-corrected chi connectivity index (χ4v) is 5.70. The summed E-state index contributed by atoms with van der Waals surface area (Å²) in [5.41, 5.74) is 0.620. The summed E-state index contributed by atoms with van der Waals surface area (Å²) in [6.45, 7) is 12.0. The number of carbonyl (C=O) groups is 2. The van der Waals surface area contributed by atoms with E-state index in [4.69, 9.17) is 4.74 Å².